The molecule has 1 fully saturated rings. The lowest BCUT2D eigenvalue weighted by Gasteiger charge is -2.31. The van der Waals surface area contributed by atoms with Crippen LogP contribution in [0.5, 0.6) is 0 Å². The summed E-state index contributed by atoms with van der Waals surface area (Å²) in [4.78, 5) is 27.0. The van der Waals surface area contributed by atoms with E-state index in [0.717, 1.165) is 36.3 Å². The highest BCUT2D eigenvalue weighted by Crippen LogP contribution is 2.22. The Morgan fingerprint density at radius 3 is 2.40 bits per heavy atom. The highest BCUT2D eigenvalue weighted by atomic mass is 19.1. The van der Waals surface area contributed by atoms with Crippen LogP contribution in [0.1, 0.15) is 54.9 Å². The van der Waals surface area contributed by atoms with E-state index in [4.69, 9.17) is 5.10 Å². The van der Waals surface area contributed by atoms with Crippen molar-refractivity contribution < 1.29 is 14.0 Å². The minimum atomic E-state index is -0.353. The Kier molecular flexibility index (Phi) is 7.95. The molecular formula is C28H33FN4O2. The second kappa shape index (κ2) is 11.3. The van der Waals surface area contributed by atoms with Crippen molar-refractivity contribution in [3.8, 4) is 5.69 Å². The van der Waals surface area contributed by atoms with Crippen molar-refractivity contribution in [2.45, 2.75) is 46.1 Å². The highest BCUT2D eigenvalue weighted by molar-refractivity contribution is 5.94. The van der Waals surface area contributed by atoms with Crippen molar-refractivity contribution in [3.63, 3.8) is 0 Å². The van der Waals surface area contributed by atoms with Crippen LogP contribution in [-0.2, 0) is 17.8 Å². The maximum Gasteiger partial charge on any atom is 0.253 e. The number of para-hydroxylation sites is 1. The number of halogens is 1. The van der Waals surface area contributed by atoms with E-state index in [2.05, 4.69) is 25.2 Å². The molecule has 3 aromatic rings. The quantitative estimate of drug-likeness (QED) is 0.509. The van der Waals surface area contributed by atoms with Gasteiger partial charge < -0.3 is 10.2 Å². The van der Waals surface area contributed by atoms with Crippen molar-refractivity contribution >= 4 is 11.8 Å². The summed E-state index contributed by atoms with van der Waals surface area (Å²) in [5, 5.41) is 7.78. The van der Waals surface area contributed by atoms with Gasteiger partial charge in [-0.05, 0) is 73.6 Å². The Morgan fingerprint density at radius 2 is 1.74 bits per heavy atom. The number of hydrogen-bond acceptors (Lipinski definition) is 3. The van der Waals surface area contributed by atoms with Crippen molar-refractivity contribution in [1.29, 1.82) is 0 Å². The summed E-state index contributed by atoms with van der Waals surface area (Å²) < 4.78 is 15.1. The second-order valence-electron chi connectivity index (χ2n) is 9.70. The lowest BCUT2D eigenvalue weighted by atomic mass is 9.93. The topological polar surface area (TPSA) is 67.2 Å². The zero-order valence-corrected chi connectivity index (χ0v) is 20.4. The molecule has 1 aromatic heterocycles. The molecular weight excluding hydrogens is 443 g/mol. The average molecular weight is 477 g/mol. The van der Waals surface area contributed by atoms with Crippen LogP contribution in [0, 0.1) is 17.7 Å². The molecule has 6 nitrogen and oxygen atoms in total. The largest absolute Gasteiger partial charge is 0.350 e. The van der Waals surface area contributed by atoms with Gasteiger partial charge in [0.2, 0.25) is 5.91 Å². The number of carbonyl (C=O) groups excluding carboxylic acids is 2. The maximum atomic E-state index is 13.1. The van der Waals surface area contributed by atoms with Crippen molar-refractivity contribution in [2.24, 2.45) is 11.8 Å². The number of benzene rings is 2. The Morgan fingerprint density at radius 1 is 1.06 bits per heavy atom. The SMILES string of the molecule is CC(C)Cc1cc(CNC(=O)CC2CCN(C(=O)c3ccc(F)cc3)CC2)nn1-c1ccccc1. The van der Waals surface area contributed by atoms with E-state index in [1.54, 1.807) is 4.90 Å². The smallest absolute Gasteiger partial charge is 0.253 e. The Bertz CT molecular complexity index is 1130. The van der Waals surface area contributed by atoms with Gasteiger partial charge in [-0.2, -0.15) is 5.10 Å². The number of hydrogen-bond donors (Lipinski definition) is 1. The predicted octanol–water partition coefficient (Wildman–Crippen LogP) is 4.77. The first kappa shape index (κ1) is 24.6. The minimum absolute atomic E-state index is 0.00739. The molecule has 184 valence electrons. The van der Waals surface area contributed by atoms with E-state index >= 15 is 0 Å². The molecule has 0 unspecified atom stereocenters. The van der Waals surface area contributed by atoms with Crippen LogP contribution in [0.3, 0.4) is 0 Å². The molecule has 0 radical (unpaired) electrons. The first-order valence-corrected chi connectivity index (χ1v) is 12.3. The fraction of sp³-hybridized carbons (Fsp3) is 0.393. The first-order chi connectivity index (χ1) is 16.9. The first-order valence-electron chi connectivity index (χ1n) is 12.3. The van der Waals surface area contributed by atoms with Gasteiger partial charge in [0.05, 0.1) is 17.9 Å². The van der Waals surface area contributed by atoms with Gasteiger partial charge >= 0.3 is 0 Å². The standard InChI is InChI=1S/C28H33FN4O2/c1-20(2)16-26-18-24(31-33(26)25-6-4-3-5-7-25)19-30-27(34)17-21-12-14-32(15-13-21)28(35)22-8-10-23(29)11-9-22/h3-11,18,20-21H,12-17,19H2,1-2H3,(H,30,34). The van der Waals surface area contributed by atoms with Crippen molar-refractivity contribution in [2.75, 3.05) is 13.1 Å². The Hall–Kier alpha value is -3.48. The Balaban J connectivity index is 1.28. The number of nitrogens with zero attached hydrogens (tertiary/aromatic N) is 3. The predicted molar refractivity (Wildman–Crippen MR) is 134 cm³/mol. The lowest BCUT2D eigenvalue weighted by Crippen LogP contribution is -2.39. The van der Waals surface area contributed by atoms with E-state index in [1.807, 2.05) is 35.0 Å². The van der Waals surface area contributed by atoms with Gasteiger partial charge in [0.25, 0.3) is 5.91 Å². The van der Waals surface area contributed by atoms with Crippen LogP contribution >= 0.6 is 0 Å². The van der Waals surface area contributed by atoms with Gasteiger partial charge in [0, 0.05) is 30.8 Å². The molecule has 2 heterocycles. The summed E-state index contributed by atoms with van der Waals surface area (Å²) in [5.41, 5.74) is 3.49. The maximum absolute atomic E-state index is 13.1. The van der Waals surface area contributed by atoms with E-state index < -0.39 is 0 Å². The van der Waals surface area contributed by atoms with E-state index in [-0.39, 0.29) is 23.5 Å². The molecule has 0 saturated carbocycles. The highest BCUT2D eigenvalue weighted by Gasteiger charge is 2.25. The molecule has 4 rings (SSSR count). The van der Waals surface area contributed by atoms with Gasteiger partial charge in [-0.3, -0.25) is 9.59 Å². The molecule has 1 saturated heterocycles. The molecule has 7 heteroatoms. The number of carbonyl (C=O) groups is 2. The summed E-state index contributed by atoms with van der Waals surface area (Å²) in [6.45, 7) is 5.97. The monoisotopic (exact) mass is 476 g/mol. The minimum Gasteiger partial charge on any atom is -0.350 e. The van der Waals surface area contributed by atoms with Gasteiger partial charge in [0.15, 0.2) is 0 Å². The number of amides is 2. The zero-order valence-electron chi connectivity index (χ0n) is 20.4. The number of rotatable bonds is 8. The number of piperidine rings is 1. The third kappa shape index (κ3) is 6.56. The van der Waals surface area contributed by atoms with Crippen LogP contribution in [0.4, 0.5) is 4.39 Å². The van der Waals surface area contributed by atoms with Gasteiger partial charge in [0.1, 0.15) is 5.82 Å². The van der Waals surface area contributed by atoms with Crippen LogP contribution in [0.2, 0.25) is 0 Å². The van der Waals surface area contributed by atoms with Crippen LogP contribution in [0.25, 0.3) is 5.69 Å². The summed E-state index contributed by atoms with van der Waals surface area (Å²) in [6.07, 6.45) is 2.91. The zero-order chi connectivity index (χ0) is 24.8. The van der Waals surface area contributed by atoms with E-state index in [9.17, 15) is 14.0 Å². The molecule has 1 N–H and O–H groups in total. The molecule has 1 aliphatic rings. The summed E-state index contributed by atoms with van der Waals surface area (Å²) in [6, 6.07) is 17.8. The third-order valence-corrected chi connectivity index (χ3v) is 6.39. The van der Waals surface area contributed by atoms with E-state index in [1.165, 1.54) is 24.3 Å². The molecule has 2 aromatic carbocycles. The van der Waals surface area contributed by atoms with E-state index in [0.29, 0.717) is 37.5 Å². The number of nitrogens with one attached hydrogen (secondary N) is 1. The fourth-order valence-electron chi connectivity index (χ4n) is 4.56. The van der Waals surface area contributed by atoms with Gasteiger partial charge in [-0.15, -0.1) is 0 Å². The normalized spacial score (nSPS) is 14.3. The van der Waals surface area contributed by atoms with Crippen LogP contribution < -0.4 is 5.32 Å². The third-order valence-electron chi connectivity index (χ3n) is 6.39. The molecule has 0 spiro atoms. The van der Waals surface area contributed by atoms with Gasteiger partial charge in [-0.25, -0.2) is 9.07 Å². The molecule has 0 aliphatic carbocycles. The summed E-state index contributed by atoms with van der Waals surface area (Å²) in [5.74, 6) is 0.310. The van der Waals surface area contributed by atoms with Crippen LogP contribution in [0.15, 0.2) is 60.7 Å². The van der Waals surface area contributed by atoms with Gasteiger partial charge in [-0.1, -0.05) is 32.0 Å². The van der Waals surface area contributed by atoms with Crippen molar-refractivity contribution in [3.05, 3.63) is 83.4 Å². The Labute approximate surface area is 206 Å². The molecule has 0 bridgehead atoms. The molecule has 0 atom stereocenters. The second-order valence-corrected chi connectivity index (χ2v) is 9.70. The van der Waals surface area contributed by atoms with Crippen molar-refractivity contribution in [1.82, 2.24) is 20.0 Å². The molecule has 1 aliphatic heterocycles. The summed E-state index contributed by atoms with van der Waals surface area (Å²) in [7, 11) is 0. The number of aromatic nitrogens is 2. The molecule has 35 heavy (non-hydrogen) atoms. The lowest BCUT2D eigenvalue weighted by molar-refractivity contribution is -0.122. The van der Waals surface area contributed by atoms with Crippen LogP contribution in [-0.4, -0.2) is 39.6 Å². The fourth-order valence-corrected chi connectivity index (χ4v) is 4.56. The summed E-state index contributed by atoms with van der Waals surface area (Å²) >= 11 is 0. The molecule has 2 amide bonds. The average Bonchev–Trinajstić information content (AvgIpc) is 3.26. The number of likely N-dealkylation sites (tertiary alicyclic amines) is 1.